The molecule has 0 fully saturated rings. The predicted molar refractivity (Wildman–Crippen MR) is 54.1 cm³/mol. The lowest BCUT2D eigenvalue weighted by atomic mass is 10.1. The molecule has 0 aliphatic carbocycles. The summed E-state index contributed by atoms with van der Waals surface area (Å²) in [6.45, 7) is -1.11. The summed E-state index contributed by atoms with van der Waals surface area (Å²) in [5, 5.41) is 0. The van der Waals surface area contributed by atoms with Crippen LogP contribution in [0.2, 0.25) is 0 Å². The van der Waals surface area contributed by atoms with Crippen molar-refractivity contribution in [2.45, 2.75) is 6.43 Å². The average Bonchev–Trinajstić information content (AvgIpc) is 2.28. The molecule has 16 heavy (non-hydrogen) atoms. The summed E-state index contributed by atoms with van der Waals surface area (Å²) in [4.78, 5) is 11.6. The molecular formula is C11H12F2O3. The number of ether oxygens (including phenoxy) is 2. The number of methoxy groups -OCH3 is 1. The summed E-state index contributed by atoms with van der Waals surface area (Å²) in [5.74, 6) is 0.0336. The fraction of sp³-hybridized carbons (Fsp3) is 0.364. The second kappa shape index (κ2) is 6.17. The Labute approximate surface area is 92.0 Å². The summed E-state index contributed by atoms with van der Waals surface area (Å²) in [7, 11) is 1.44. The minimum atomic E-state index is -2.56. The number of Topliss-reactive ketones (excluding diaryl/α,β-unsaturated/α-hetero) is 1. The Hall–Kier alpha value is -1.49. The summed E-state index contributed by atoms with van der Waals surface area (Å²) < 4.78 is 33.1. The van der Waals surface area contributed by atoms with E-state index < -0.39 is 13.0 Å². The van der Waals surface area contributed by atoms with E-state index in [1.165, 1.54) is 7.11 Å². The Morgan fingerprint density at radius 3 is 2.69 bits per heavy atom. The maximum absolute atomic E-state index is 11.8. The van der Waals surface area contributed by atoms with E-state index in [0.29, 0.717) is 11.3 Å². The van der Waals surface area contributed by atoms with Gasteiger partial charge in [-0.2, -0.15) is 0 Å². The maximum Gasteiger partial charge on any atom is 0.261 e. The number of carbonyl (C=O) groups excluding carboxylic acids is 1. The normalized spacial score (nSPS) is 10.5. The van der Waals surface area contributed by atoms with Crippen molar-refractivity contribution in [3.05, 3.63) is 29.8 Å². The van der Waals surface area contributed by atoms with Crippen LogP contribution in [-0.2, 0) is 4.74 Å². The van der Waals surface area contributed by atoms with E-state index in [9.17, 15) is 13.6 Å². The van der Waals surface area contributed by atoms with Crippen molar-refractivity contribution in [3.8, 4) is 5.75 Å². The van der Waals surface area contributed by atoms with Gasteiger partial charge >= 0.3 is 0 Å². The van der Waals surface area contributed by atoms with Gasteiger partial charge in [-0.15, -0.1) is 0 Å². The van der Waals surface area contributed by atoms with Gasteiger partial charge in [0.1, 0.15) is 19.0 Å². The van der Waals surface area contributed by atoms with Gasteiger partial charge in [-0.3, -0.25) is 4.79 Å². The Balaban J connectivity index is 2.59. The first kappa shape index (κ1) is 12.6. The van der Waals surface area contributed by atoms with Crippen molar-refractivity contribution in [2.24, 2.45) is 0 Å². The van der Waals surface area contributed by atoms with E-state index in [1.54, 1.807) is 24.3 Å². The number of alkyl halides is 2. The molecule has 1 aromatic rings. The van der Waals surface area contributed by atoms with Crippen LogP contribution in [0.4, 0.5) is 8.78 Å². The highest BCUT2D eigenvalue weighted by atomic mass is 19.3. The zero-order chi connectivity index (χ0) is 12.0. The Kier molecular flexibility index (Phi) is 4.85. The lowest BCUT2D eigenvalue weighted by Crippen LogP contribution is -2.14. The summed E-state index contributed by atoms with van der Waals surface area (Å²) in [6, 6.07) is 6.58. The van der Waals surface area contributed by atoms with Crippen LogP contribution in [0.3, 0.4) is 0 Å². The highest BCUT2D eigenvalue weighted by Gasteiger charge is 2.12. The number of para-hydroxylation sites is 1. The van der Waals surface area contributed by atoms with Crippen LogP contribution in [0.1, 0.15) is 10.4 Å². The van der Waals surface area contributed by atoms with Gasteiger partial charge in [-0.25, -0.2) is 8.78 Å². The fourth-order valence-corrected chi connectivity index (χ4v) is 1.19. The Morgan fingerprint density at radius 2 is 2.06 bits per heavy atom. The molecule has 0 amide bonds. The number of benzene rings is 1. The molecule has 0 atom stereocenters. The molecule has 0 unspecified atom stereocenters. The third-order valence-electron chi connectivity index (χ3n) is 1.88. The minimum Gasteiger partial charge on any atom is -0.496 e. The standard InChI is InChI=1S/C11H12F2O3/c1-15-10-5-3-2-4-8(10)9(14)6-16-7-11(12)13/h2-5,11H,6-7H2,1H3. The molecule has 0 aliphatic rings. The zero-order valence-corrected chi connectivity index (χ0v) is 8.78. The molecule has 1 rings (SSSR count). The van der Waals surface area contributed by atoms with Gasteiger partial charge in [0, 0.05) is 0 Å². The van der Waals surface area contributed by atoms with Crippen LogP contribution in [-0.4, -0.2) is 32.5 Å². The minimum absolute atomic E-state index is 0.333. The van der Waals surface area contributed by atoms with Crippen molar-refractivity contribution >= 4 is 5.78 Å². The van der Waals surface area contributed by atoms with Crippen LogP contribution in [0, 0.1) is 0 Å². The van der Waals surface area contributed by atoms with Gasteiger partial charge in [-0.05, 0) is 12.1 Å². The lowest BCUT2D eigenvalue weighted by molar-refractivity contribution is 0.0195. The second-order valence-corrected chi connectivity index (χ2v) is 3.03. The Morgan fingerprint density at radius 1 is 1.38 bits per heavy atom. The quantitative estimate of drug-likeness (QED) is 0.702. The monoisotopic (exact) mass is 230 g/mol. The van der Waals surface area contributed by atoms with Gasteiger partial charge in [-0.1, -0.05) is 12.1 Å². The topological polar surface area (TPSA) is 35.5 Å². The molecule has 0 aliphatic heterocycles. The summed E-state index contributed by atoms with van der Waals surface area (Å²) in [5.41, 5.74) is 0.333. The Bertz CT molecular complexity index is 353. The SMILES string of the molecule is COc1ccccc1C(=O)COCC(F)F. The smallest absolute Gasteiger partial charge is 0.261 e. The van der Waals surface area contributed by atoms with E-state index in [2.05, 4.69) is 4.74 Å². The molecule has 0 aromatic heterocycles. The molecule has 0 saturated heterocycles. The maximum atomic E-state index is 11.8. The van der Waals surface area contributed by atoms with Crippen molar-refractivity contribution in [1.82, 2.24) is 0 Å². The molecule has 0 radical (unpaired) electrons. The molecular weight excluding hydrogens is 218 g/mol. The van der Waals surface area contributed by atoms with Crippen LogP contribution < -0.4 is 4.74 Å². The third kappa shape index (κ3) is 3.58. The van der Waals surface area contributed by atoms with E-state index in [4.69, 9.17) is 4.74 Å². The molecule has 1 aromatic carbocycles. The second-order valence-electron chi connectivity index (χ2n) is 3.03. The van der Waals surface area contributed by atoms with Gasteiger partial charge in [0.05, 0.1) is 12.7 Å². The van der Waals surface area contributed by atoms with E-state index in [1.807, 2.05) is 0 Å². The number of carbonyl (C=O) groups is 1. The number of ketones is 1. The highest BCUT2D eigenvalue weighted by molar-refractivity contribution is 5.99. The van der Waals surface area contributed by atoms with E-state index >= 15 is 0 Å². The molecule has 0 bridgehead atoms. The first-order valence-electron chi connectivity index (χ1n) is 4.67. The highest BCUT2D eigenvalue weighted by Crippen LogP contribution is 2.17. The van der Waals surface area contributed by atoms with Crippen LogP contribution >= 0.6 is 0 Å². The molecule has 3 nitrogen and oxygen atoms in total. The number of hydrogen-bond acceptors (Lipinski definition) is 3. The number of rotatable bonds is 6. The predicted octanol–water partition coefficient (Wildman–Crippen LogP) is 2.16. The van der Waals surface area contributed by atoms with Crippen molar-refractivity contribution in [2.75, 3.05) is 20.3 Å². The molecule has 0 heterocycles. The molecule has 88 valence electrons. The average molecular weight is 230 g/mol. The van der Waals surface area contributed by atoms with Crippen molar-refractivity contribution < 1.29 is 23.0 Å². The first-order chi connectivity index (χ1) is 7.65. The zero-order valence-electron chi connectivity index (χ0n) is 8.78. The molecule has 0 spiro atoms. The fourth-order valence-electron chi connectivity index (χ4n) is 1.19. The van der Waals surface area contributed by atoms with Crippen molar-refractivity contribution in [1.29, 1.82) is 0 Å². The van der Waals surface area contributed by atoms with Gasteiger partial charge < -0.3 is 9.47 Å². The summed E-state index contributed by atoms with van der Waals surface area (Å²) >= 11 is 0. The van der Waals surface area contributed by atoms with E-state index in [0.717, 1.165) is 0 Å². The van der Waals surface area contributed by atoms with Crippen LogP contribution in [0.5, 0.6) is 5.75 Å². The first-order valence-corrected chi connectivity index (χ1v) is 4.67. The molecule has 5 heteroatoms. The van der Waals surface area contributed by atoms with Gasteiger partial charge in [0.2, 0.25) is 0 Å². The largest absolute Gasteiger partial charge is 0.496 e. The lowest BCUT2D eigenvalue weighted by Gasteiger charge is -2.07. The van der Waals surface area contributed by atoms with Crippen LogP contribution in [0.15, 0.2) is 24.3 Å². The number of hydrogen-bond donors (Lipinski definition) is 0. The molecule has 0 N–H and O–H groups in total. The van der Waals surface area contributed by atoms with Crippen LogP contribution in [0.25, 0.3) is 0 Å². The third-order valence-corrected chi connectivity index (χ3v) is 1.88. The van der Waals surface area contributed by atoms with Crippen molar-refractivity contribution in [3.63, 3.8) is 0 Å². The number of halogens is 2. The molecule has 0 saturated carbocycles. The summed E-state index contributed by atoms with van der Waals surface area (Å²) in [6.07, 6.45) is -2.56. The van der Waals surface area contributed by atoms with E-state index in [-0.39, 0.29) is 12.4 Å². The van der Waals surface area contributed by atoms with Gasteiger partial charge in [0.25, 0.3) is 6.43 Å². The van der Waals surface area contributed by atoms with Gasteiger partial charge in [0.15, 0.2) is 5.78 Å².